The normalized spacial score (nSPS) is 14.2. The number of rotatable bonds is 5. The van der Waals surface area contributed by atoms with Crippen LogP contribution in [-0.2, 0) is 9.22 Å². The van der Waals surface area contributed by atoms with Crippen LogP contribution in [0.3, 0.4) is 0 Å². The van der Waals surface area contributed by atoms with Gasteiger partial charge >= 0.3 is 0 Å². The van der Waals surface area contributed by atoms with Crippen LogP contribution >= 0.6 is 0 Å². The highest BCUT2D eigenvalue weighted by Gasteiger charge is 2.39. The summed E-state index contributed by atoms with van der Waals surface area (Å²) >= 11 is 0. The third kappa shape index (κ3) is 4.59. The van der Waals surface area contributed by atoms with E-state index in [9.17, 15) is 4.79 Å². The van der Waals surface area contributed by atoms with Crippen molar-refractivity contribution in [2.24, 2.45) is 0 Å². The minimum Gasteiger partial charge on any atom is -0.409 e. The average molecular weight is 278 g/mol. The molecule has 0 aliphatic heterocycles. The minimum absolute atomic E-state index is 0.111. The molecule has 0 unspecified atom stereocenters. The molecule has 0 N–H and O–H groups in total. The maximum absolute atomic E-state index is 11.5. The van der Waals surface area contributed by atoms with Crippen LogP contribution in [0.2, 0.25) is 18.1 Å². The first-order valence-electron chi connectivity index (χ1n) is 6.86. The van der Waals surface area contributed by atoms with Gasteiger partial charge in [0.25, 0.3) is 0 Å². The van der Waals surface area contributed by atoms with E-state index >= 15 is 0 Å². The SMILES string of the molecule is CC(=O)C[C@@H](O[Si](C)(C)C(C)(C)C)c1ccccc1. The second-order valence-corrected chi connectivity index (χ2v) is 11.4. The van der Waals surface area contributed by atoms with Gasteiger partial charge < -0.3 is 4.43 Å². The van der Waals surface area contributed by atoms with Gasteiger partial charge in [0.1, 0.15) is 5.78 Å². The summed E-state index contributed by atoms with van der Waals surface area (Å²) in [6.07, 6.45) is 0.343. The predicted octanol–water partition coefficient (Wildman–Crippen LogP) is 4.73. The molecule has 0 radical (unpaired) electrons. The molecule has 19 heavy (non-hydrogen) atoms. The number of benzene rings is 1. The van der Waals surface area contributed by atoms with E-state index < -0.39 is 8.32 Å². The fourth-order valence-corrected chi connectivity index (χ4v) is 2.97. The Labute approximate surface area is 118 Å². The molecule has 0 fully saturated rings. The lowest BCUT2D eigenvalue weighted by atomic mass is 10.1. The Balaban J connectivity index is 2.97. The molecule has 0 saturated carbocycles. The van der Waals surface area contributed by atoms with Crippen LogP contribution in [0.25, 0.3) is 0 Å². The van der Waals surface area contributed by atoms with E-state index in [1.165, 1.54) is 0 Å². The molecule has 1 rings (SSSR count). The predicted molar refractivity (Wildman–Crippen MR) is 82.8 cm³/mol. The molecule has 0 spiro atoms. The summed E-state index contributed by atoms with van der Waals surface area (Å²) in [7, 11) is -1.87. The van der Waals surface area contributed by atoms with Crippen molar-refractivity contribution in [3.63, 3.8) is 0 Å². The van der Waals surface area contributed by atoms with Crippen LogP contribution in [-0.4, -0.2) is 14.1 Å². The van der Waals surface area contributed by atoms with Crippen LogP contribution in [0.15, 0.2) is 30.3 Å². The summed E-state index contributed by atoms with van der Waals surface area (Å²) in [6, 6.07) is 10.1. The Morgan fingerprint density at radius 1 is 1.21 bits per heavy atom. The van der Waals surface area contributed by atoms with Gasteiger partial charge in [0.05, 0.1) is 6.10 Å². The topological polar surface area (TPSA) is 26.3 Å². The van der Waals surface area contributed by atoms with Crippen molar-refractivity contribution < 1.29 is 9.22 Å². The van der Waals surface area contributed by atoms with E-state index in [1.54, 1.807) is 6.92 Å². The highest BCUT2D eigenvalue weighted by atomic mass is 28.4. The van der Waals surface area contributed by atoms with Crippen molar-refractivity contribution in [3.05, 3.63) is 35.9 Å². The maximum atomic E-state index is 11.5. The Morgan fingerprint density at radius 3 is 2.16 bits per heavy atom. The van der Waals surface area contributed by atoms with E-state index in [2.05, 4.69) is 33.9 Å². The number of hydrogen-bond acceptors (Lipinski definition) is 2. The van der Waals surface area contributed by atoms with Gasteiger partial charge in [0.2, 0.25) is 0 Å². The van der Waals surface area contributed by atoms with Gasteiger partial charge in [-0.2, -0.15) is 0 Å². The van der Waals surface area contributed by atoms with Gasteiger partial charge in [-0.05, 0) is 30.6 Å². The standard InChI is InChI=1S/C16H26O2Si/c1-13(17)12-15(14-10-8-7-9-11-14)18-19(5,6)16(2,3)4/h7-11,15H,12H2,1-6H3/t15-/m1/s1. The monoisotopic (exact) mass is 278 g/mol. The summed E-state index contributed by atoms with van der Waals surface area (Å²) in [5.74, 6) is 0.174. The molecule has 0 aliphatic rings. The Kier molecular flexibility index (Phi) is 5.10. The van der Waals surface area contributed by atoms with Gasteiger partial charge in [-0.15, -0.1) is 0 Å². The second-order valence-electron chi connectivity index (χ2n) is 6.68. The van der Waals surface area contributed by atoms with E-state index in [4.69, 9.17) is 4.43 Å². The molecule has 0 amide bonds. The zero-order valence-electron chi connectivity index (χ0n) is 13.0. The summed E-state index contributed by atoms with van der Waals surface area (Å²) in [6.45, 7) is 12.7. The second kappa shape index (κ2) is 6.01. The smallest absolute Gasteiger partial charge is 0.192 e. The summed E-state index contributed by atoms with van der Waals surface area (Å²) < 4.78 is 6.42. The quantitative estimate of drug-likeness (QED) is 0.728. The molecule has 0 bridgehead atoms. The van der Waals surface area contributed by atoms with Gasteiger partial charge in [-0.25, -0.2) is 0 Å². The Morgan fingerprint density at radius 2 is 1.74 bits per heavy atom. The molecule has 1 atom stereocenters. The van der Waals surface area contributed by atoms with Gasteiger partial charge in [-0.1, -0.05) is 51.1 Å². The van der Waals surface area contributed by atoms with Gasteiger partial charge in [0.15, 0.2) is 8.32 Å². The van der Waals surface area contributed by atoms with Crippen LogP contribution in [0.5, 0.6) is 0 Å². The molecular formula is C16H26O2Si. The van der Waals surface area contributed by atoms with E-state index in [-0.39, 0.29) is 16.9 Å². The van der Waals surface area contributed by atoms with Crippen molar-refractivity contribution in [3.8, 4) is 0 Å². The van der Waals surface area contributed by atoms with Crippen molar-refractivity contribution in [2.75, 3.05) is 0 Å². The lowest BCUT2D eigenvalue weighted by Gasteiger charge is -2.39. The third-order valence-electron chi connectivity index (χ3n) is 3.89. The van der Waals surface area contributed by atoms with E-state index in [1.807, 2.05) is 30.3 Å². The minimum atomic E-state index is -1.87. The van der Waals surface area contributed by atoms with Crippen molar-refractivity contribution in [1.29, 1.82) is 0 Å². The molecule has 106 valence electrons. The number of hydrogen-bond donors (Lipinski definition) is 0. The first-order chi connectivity index (χ1) is 8.63. The number of carbonyl (C=O) groups is 1. The third-order valence-corrected chi connectivity index (χ3v) is 8.37. The number of ketones is 1. The van der Waals surface area contributed by atoms with E-state index in [0.717, 1.165) is 5.56 Å². The van der Waals surface area contributed by atoms with Crippen molar-refractivity contribution >= 4 is 14.1 Å². The van der Waals surface area contributed by atoms with E-state index in [0.29, 0.717) is 6.42 Å². The largest absolute Gasteiger partial charge is 0.409 e. The lowest BCUT2D eigenvalue weighted by molar-refractivity contribution is -0.118. The molecule has 2 nitrogen and oxygen atoms in total. The van der Waals surface area contributed by atoms with Gasteiger partial charge in [0, 0.05) is 6.42 Å². The molecule has 1 aromatic rings. The van der Waals surface area contributed by atoms with Crippen molar-refractivity contribution in [1.82, 2.24) is 0 Å². The summed E-state index contributed by atoms with van der Waals surface area (Å²) in [5, 5.41) is 0.150. The first-order valence-corrected chi connectivity index (χ1v) is 9.76. The van der Waals surface area contributed by atoms with Crippen LogP contribution in [0.4, 0.5) is 0 Å². The average Bonchev–Trinajstić information content (AvgIpc) is 2.27. The van der Waals surface area contributed by atoms with Crippen LogP contribution in [0, 0.1) is 0 Å². The fourth-order valence-electron chi connectivity index (χ4n) is 1.69. The zero-order valence-corrected chi connectivity index (χ0v) is 14.0. The highest BCUT2D eigenvalue weighted by molar-refractivity contribution is 6.74. The highest BCUT2D eigenvalue weighted by Crippen LogP contribution is 2.40. The summed E-state index contributed by atoms with van der Waals surface area (Å²) in [5.41, 5.74) is 1.10. The number of carbonyl (C=O) groups excluding carboxylic acids is 1. The molecular weight excluding hydrogens is 252 g/mol. The molecule has 0 aromatic heterocycles. The molecule has 0 aliphatic carbocycles. The fraction of sp³-hybridized carbons (Fsp3) is 0.562. The molecule has 0 heterocycles. The molecule has 0 saturated heterocycles. The molecule has 3 heteroatoms. The number of Topliss-reactive ketones (excluding diaryl/α,β-unsaturated/α-hetero) is 1. The van der Waals surface area contributed by atoms with Gasteiger partial charge in [-0.3, -0.25) is 4.79 Å². The Bertz CT molecular complexity index is 418. The molecule has 1 aromatic carbocycles. The van der Waals surface area contributed by atoms with Crippen LogP contribution < -0.4 is 0 Å². The van der Waals surface area contributed by atoms with Crippen LogP contribution in [0.1, 0.15) is 45.8 Å². The maximum Gasteiger partial charge on any atom is 0.192 e. The first kappa shape index (κ1) is 16.1. The zero-order chi connectivity index (χ0) is 14.7. The lowest BCUT2D eigenvalue weighted by Crippen LogP contribution is -2.42. The van der Waals surface area contributed by atoms with Crippen molar-refractivity contribution in [2.45, 2.75) is 58.4 Å². The Hall–Kier alpha value is -0.933. The summed E-state index contributed by atoms with van der Waals surface area (Å²) in [4.78, 5) is 11.5.